The van der Waals surface area contributed by atoms with Crippen molar-refractivity contribution in [2.24, 2.45) is 0 Å². The van der Waals surface area contributed by atoms with Crippen LogP contribution in [-0.2, 0) is 4.74 Å². The predicted molar refractivity (Wildman–Crippen MR) is 98.3 cm³/mol. The Hall–Kier alpha value is -2.93. The Bertz CT molecular complexity index is 929. The summed E-state index contributed by atoms with van der Waals surface area (Å²) in [5, 5.41) is 16.6. The average Bonchev–Trinajstić information content (AvgIpc) is 3.16. The first-order valence-electron chi connectivity index (χ1n) is 8.57. The summed E-state index contributed by atoms with van der Waals surface area (Å²) in [6.45, 7) is 1.48. The first-order chi connectivity index (χ1) is 12.7. The molecule has 1 aromatic heterocycles. The number of halogens is 1. The van der Waals surface area contributed by atoms with E-state index in [1.165, 1.54) is 12.1 Å². The molecule has 7 heteroatoms. The second kappa shape index (κ2) is 7.13. The van der Waals surface area contributed by atoms with Gasteiger partial charge in [0.1, 0.15) is 5.82 Å². The predicted octanol–water partition coefficient (Wildman–Crippen LogP) is 3.81. The van der Waals surface area contributed by atoms with E-state index < -0.39 is 11.6 Å². The average molecular weight is 354 g/mol. The molecule has 1 saturated heterocycles. The van der Waals surface area contributed by atoms with Crippen LogP contribution in [0, 0.1) is 5.82 Å². The highest BCUT2D eigenvalue weighted by Crippen LogP contribution is 2.26. The maximum Gasteiger partial charge on any atom is 0.229 e. The fourth-order valence-corrected chi connectivity index (χ4v) is 3.00. The van der Waals surface area contributed by atoms with E-state index in [0.717, 1.165) is 30.4 Å². The van der Waals surface area contributed by atoms with Gasteiger partial charge in [0.2, 0.25) is 5.95 Å². The van der Waals surface area contributed by atoms with Gasteiger partial charge in [-0.05, 0) is 37.1 Å². The third-order valence-corrected chi connectivity index (χ3v) is 4.33. The van der Waals surface area contributed by atoms with Gasteiger partial charge in [0.05, 0.1) is 11.6 Å². The highest BCUT2D eigenvalue weighted by atomic mass is 19.1. The van der Waals surface area contributed by atoms with Gasteiger partial charge in [-0.2, -0.15) is 4.98 Å². The molecular formula is C19H19FN4O2. The Labute approximate surface area is 150 Å². The van der Waals surface area contributed by atoms with Crippen molar-refractivity contribution in [3.05, 3.63) is 48.3 Å². The highest BCUT2D eigenvalue weighted by molar-refractivity contribution is 5.90. The number of nitrogens with zero attached hydrogens (tertiary/aromatic N) is 2. The number of anilines is 3. The molecule has 6 nitrogen and oxygen atoms in total. The maximum absolute atomic E-state index is 13.6. The molecule has 134 valence electrons. The second-order valence-electron chi connectivity index (χ2n) is 6.22. The summed E-state index contributed by atoms with van der Waals surface area (Å²) in [7, 11) is 0. The van der Waals surface area contributed by atoms with Crippen LogP contribution in [0.2, 0.25) is 0 Å². The van der Waals surface area contributed by atoms with Gasteiger partial charge in [-0.25, -0.2) is 9.37 Å². The number of hydrogen-bond donors (Lipinski definition) is 3. The molecule has 4 rings (SSSR count). The summed E-state index contributed by atoms with van der Waals surface area (Å²) in [4.78, 5) is 9.02. The van der Waals surface area contributed by atoms with Gasteiger partial charge >= 0.3 is 0 Å². The Balaban J connectivity index is 1.62. The molecule has 2 aromatic carbocycles. The Morgan fingerprint density at radius 2 is 2.08 bits per heavy atom. The van der Waals surface area contributed by atoms with E-state index in [0.29, 0.717) is 24.0 Å². The summed E-state index contributed by atoms with van der Waals surface area (Å²) < 4.78 is 19.2. The van der Waals surface area contributed by atoms with Crippen molar-refractivity contribution in [1.29, 1.82) is 0 Å². The largest absolute Gasteiger partial charge is 0.505 e. The molecule has 0 amide bonds. The number of rotatable bonds is 5. The summed E-state index contributed by atoms with van der Waals surface area (Å²) in [6, 6.07) is 11.8. The zero-order chi connectivity index (χ0) is 17.9. The summed E-state index contributed by atoms with van der Waals surface area (Å²) in [5.74, 6) is -0.0436. The highest BCUT2D eigenvalue weighted by Gasteiger charge is 2.16. The number of fused-ring (bicyclic) bond motifs is 1. The summed E-state index contributed by atoms with van der Waals surface area (Å²) >= 11 is 0. The standard InChI is InChI=1S/C19H19FN4O2/c20-15-10-12(7-8-17(15)25)22-19-23-16-6-2-1-5-14(16)18(24-19)21-11-13-4-3-9-26-13/h1-2,5-8,10,13,25H,3-4,9,11H2,(H2,21,22,23,24). The zero-order valence-electron chi connectivity index (χ0n) is 14.1. The molecule has 0 aliphatic carbocycles. The van der Waals surface area contributed by atoms with E-state index in [4.69, 9.17) is 4.74 Å². The number of para-hydroxylation sites is 1. The smallest absolute Gasteiger partial charge is 0.229 e. The first kappa shape index (κ1) is 16.5. The Kier molecular flexibility index (Phi) is 4.53. The van der Waals surface area contributed by atoms with Gasteiger partial charge in [-0.3, -0.25) is 0 Å². The van der Waals surface area contributed by atoms with Crippen molar-refractivity contribution < 1.29 is 14.2 Å². The zero-order valence-corrected chi connectivity index (χ0v) is 14.1. The van der Waals surface area contributed by atoms with E-state index in [-0.39, 0.29) is 6.10 Å². The van der Waals surface area contributed by atoms with Crippen molar-refractivity contribution in [1.82, 2.24) is 9.97 Å². The quantitative estimate of drug-likeness (QED) is 0.605. The minimum absolute atomic E-state index is 0.186. The van der Waals surface area contributed by atoms with Crippen LogP contribution in [-0.4, -0.2) is 34.3 Å². The number of aromatic hydroxyl groups is 1. The lowest BCUT2D eigenvalue weighted by Gasteiger charge is -2.14. The van der Waals surface area contributed by atoms with Gasteiger partial charge in [0, 0.05) is 30.3 Å². The third-order valence-electron chi connectivity index (χ3n) is 4.33. The molecule has 2 heterocycles. The molecule has 1 unspecified atom stereocenters. The van der Waals surface area contributed by atoms with Crippen LogP contribution in [0.25, 0.3) is 10.9 Å². The van der Waals surface area contributed by atoms with E-state index >= 15 is 0 Å². The lowest BCUT2D eigenvalue weighted by atomic mass is 10.2. The number of benzene rings is 2. The van der Waals surface area contributed by atoms with Crippen LogP contribution in [0.4, 0.5) is 21.8 Å². The molecule has 0 spiro atoms. The lowest BCUT2D eigenvalue weighted by molar-refractivity contribution is 0.120. The van der Waals surface area contributed by atoms with Crippen molar-refractivity contribution in [3.8, 4) is 5.75 Å². The molecule has 1 aliphatic heterocycles. The van der Waals surface area contributed by atoms with E-state index in [9.17, 15) is 9.50 Å². The number of phenols is 1. The monoisotopic (exact) mass is 354 g/mol. The maximum atomic E-state index is 13.6. The van der Waals surface area contributed by atoms with Crippen molar-refractivity contribution in [2.75, 3.05) is 23.8 Å². The SMILES string of the molecule is Oc1ccc(Nc2nc(NCC3CCCO3)c3ccccc3n2)cc1F. The molecular weight excluding hydrogens is 335 g/mol. The van der Waals surface area contributed by atoms with Gasteiger partial charge in [-0.1, -0.05) is 12.1 Å². The fourth-order valence-electron chi connectivity index (χ4n) is 3.00. The van der Waals surface area contributed by atoms with E-state index in [1.54, 1.807) is 6.07 Å². The fraction of sp³-hybridized carbons (Fsp3) is 0.263. The Morgan fingerprint density at radius 1 is 1.19 bits per heavy atom. The minimum Gasteiger partial charge on any atom is -0.505 e. The van der Waals surface area contributed by atoms with Gasteiger partial charge in [0.15, 0.2) is 11.6 Å². The second-order valence-corrected chi connectivity index (χ2v) is 6.22. The van der Waals surface area contributed by atoms with Crippen LogP contribution in [0.3, 0.4) is 0 Å². The van der Waals surface area contributed by atoms with Crippen molar-refractivity contribution in [3.63, 3.8) is 0 Å². The van der Waals surface area contributed by atoms with Crippen LogP contribution < -0.4 is 10.6 Å². The van der Waals surface area contributed by atoms with Crippen LogP contribution in [0.1, 0.15) is 12.8 Å². The van der Waals surface area contributed by atoms with Gasteiger partial charge in [-0.15, -0.1) is 0 Å². The molecule has 0 saturated carbocycles. The molecule has 1 aliphatic rings. The minimum atomic E-state index is -0.701. The normalized spacial score (nSPS) is 16.7. The first-order valence-corrected chi connectivity index (χ1v) is 8.57. The van der Waals surface area contributed by atoms with Crippen LogP contribution in [0.5, 0.6) is 5.75 Å². The molecule has 3 aromatic rings. The van der Waals surface area contributed by atoms with Gasteiger partial charge < -0.3 is 20.5 Å². The number of phenolic OH excluding ortho intramolecular Hbond substituents is 1. The van der Waals surface area contributed by atoms with Crippen molar-refractivity contribution >= 4 is 28.4 Å². The third kappa shape index (κ3) is 3.52. The number of hydrogen-bond acceptors (Lipinski definition) is 6. The molecule has 0 bridgehead atoms. The molecule has 3 N–H and O–H groups in total. The molecule has 0 radical (unpaired) electrons. The van der Waals surface area contributed by atoms with E-state index in [1.807, 2.05) is 24.3 Å². The molecule has 1 atom stereocenters. The molecule has 26 heavy (non-hydrogen) atoms. The van der Waals surface area contributed by atoms with Crippen LogP contribution >= 0.6 is 0 Å². The number of aromatic nitrogens is 2. The summed E-state index contributed by atoms with van der Waals surface area (Å²) in [5.41, 5.74) is 1.24. The molecule has 1 fully saturated rings. The topological polar surface area (TPSA) is 79.3 Å². The lowest BCUT2D eigenvalue weighted by Crippen LogP contribution is -2.19. The van der Waals surface area contributed by atoms with Crippen molar-refractivity contribution in [2.45, 2.75) is 18.9 Å². The number of nitrogens with one attached hydrogen (secondary N) is 2. The van der Waals surface area contributed by atoms with Crippen LogP contribution in [0.15, 0.2) is 42.5 Å². The van der Waals surface area contributed by atoms with Gasteiger partial charge in [0.25, 0.3) is 0 Å². The number of ether oxygens (including phenoxy) is 1. The summed E-state index contributed by atoms with van der Waals surface area (Å²) in [6.07, 6.45) is 2.30. The van der Waals surface area contributed by atoms with E-state index in [2.05, 4.69) is 20.6 Å². The Morgan fingerprint density at radius 3 is 2.88 bits per heavy atom.